The molecule has 0 unspecified atom stereocenters. The van der Waals surface area contributed by atoms with Gasteiger partial charge in [-0.05, 0) is 45.0 Å². The number of rotatable bonds is 5. The monoisotopic (exact) mass is 447 g/mol. The fourth-order valence-corrected chi connectivity index (χ4v) is 3.67. The Hall–Kier alpha value is -4.14. The van der Waals surface area contributed by atoms with Crippen LogP contribution >= 0.6 is 0 Å². The molecule has 0 spiro atoms. The van der Waals surface area contributed by atoms with Gasteiger partial charge < -0.3 is 20.4 Å². The molecule has 4 rings (SSSR count). The lowest BCUT2D eigenvalue weighted by Gasteiger charge is -2.29. The normalized spacial score (nSPS) is 13.3. The van der Waals surface area contributed by atoms with Gasteiger partial charge in [-0.3, -0.25) is 14.5 Å². The molecule has 0 aliphatic carbocycles. The molecule has 2 amide bonds. The highest BCUT2D eigenvalue weighted by molar-refractivity contribution is 6.09. The number of aromatic nitrogens is 2. The Kier molecular flexibility index (Phi) is 5.87. The maximum Gasteiger partial charge on any atom is 0.411 e. The summed E-state index contributed by atoms with van der Waals surface area (Å²) in [6.07, 6.45) is 1.58. The molecule has 3 heterocycles. The number of hydrogen-bond donors (Lipinski definition) is 3. The topological polar surface area (TPSA) is 116 Å². The number of amides is 2. The lowest BCUT2D eigenvalue weighted by Crippen LogP contribution is -2.42. The number of carbonyl (C=O) groups is 3. The molecule has 0 saturated heterocycles. The summed E-state index contributed by atoms with van der Waals surface area (Å²) in [6.45, 7) is 5.46. The van der Waals surface area contributed by atoms with Crippen LogP contribution in [0, 0.1) is 0 Å². The SMILES string of the molecule is CC(C)(C)OC(=O)N1CC(=O)c2c([nH]c(-c3ccnc(NC=O)c3)c2Nc2ccccc2)C1. The molecular formula is C24H25N5O4. The molecule has 0 fully saturated rings. The van der Waals surface area contributed by atoms with E-state index in [9.17, 15) is 14.4 Å². The number of benzene rings is 1. The molecule has 1 aromatic carbocycles. The van der Waals surface area contributed by atoms with Crippen LogP contribution in [0.2, 0.25) is 0 Å². The van der Waals surface area contributed by atoms with Crippen LogP contribution < -0.4 is 10.6 Å². The number of nitrogens with zero attached hydrogens (tertiary/aromatic N) is 2. The van der Waals surface area contributed by atoms with Crippen LogP contribution in [0.25, 0.3) is 11.3 Å². The van der Waals surface area contributed by atoms with E-state index in [4.69, 9.17) is 4.74 Å². The molecule has 0 saturated carbocycles. The van der Waals surface area contributed by atoms with E-state index in [0.717, 1.165) is 11.3 Å². The summed E-state index contributed by atoms with van der Waals surface area (Å²) in [4.78, 5) is 45.5. The highest BCUT2D eigenvalue weighted by atomic mass is 16.6. The molecule has 3 aromatic rings. The van der Waals surface area contributed by atoms with Crippen molar-refractivity contribution in [1.82, 2.24) is 14.9 Å². The van der Waals surface area contributed by atoms with Crippen LogP contribution in [-0.2, 0) is 16.1 Å². The molecular weight excluding hydrogens is 422 g/mol. The number of carbonyl (C=O) groups excluding carboxylic acids is 3. The Balaban J connectivity index is 1.77. The summed E-state index contributed by atoms with van der Waals surface area (Å²) in [5, 5.41) is 5.88. The smallest absolute Gasteiger partial charge is 0.411 e. The average Bonchev–Trinajstić information content (AvgIpc) is 3.12. The summed E-state index contributed by atoms with van der Waals surface area (Å²) in [7, 11) is 0. The van der Waals surface area contributed by atoms with Gasteiger partial charge in [-0.1, -0.05) is 18.2 Å². The fourth-order valence-electron chi connectivity index (χ4n) is 3.67. The maximum absolute atomic E-state index is 13.2. The second-order valence-corrected chi connectivity index (χ2v) is 8.67. The molecule has 0 bridgehead atoms. The largest absolute Gasteiger partial charge is 0.444 e. The first-order valence-corrected chi connectivity index (χ1v) is 10.5. The van der Waals surface area contributed by atoms with Crippen LogP contribution in [0.5, 0.6) is 0 Å². The van der Waals surface area contributed by atoms with E-state index < -0.39 is 11.7 Å². The van der Waals surface area contributed by atoms with Crippen molar-refractivity contribution in [3.8, 4) is 11.3 Å². The van der Waals surface area contributed by atoms with Gasteiger partial charge >= 0.3 is 6.09 Å². The maximum atomic E-state index is 13.2. The minimum Gasteiger partial charge on any atom is -0.444 e. The minimum atomic E-state index is -0.666. The van der Waals surface area contributed by atoms with Gasteiger partial charge in [-0.25, -0.2) is 9.78 Å². The minimum absolute atomic E-state index is 0.0863. The molecule has 33 heavy (non-hydrogen) atoms. The third-order valence-corrected chi connectivity index (χ3v) is 4.99. The standard InChI is InChI=1S/C24H25N5O4/c1-24(2,3)33-23(32)29-12-17-20(18(31)13-29)22(27-16-7-5-4-6-8-16)21(28-17)15-9-10-25-19(11-15)26-14-30/h4-11,14,27-28H,12-13H2,1-3H3,(H,25,26,30). The third-order valence-electron chi connectivity index (χ3n) is 4.99. The van der Waals surface area contributed by atoms with Gasteiger partial charge in [0.15, 0.2) is 5.78 Å². The molecule has 9 nitrogen and oxygen atoms in total. The Morgan fingerprint density at radius 2 is 1.94 bits per heavy atom. The van der Waals surface area contributed by atoms with Crippen molar-refractivity contribution in [3.63, 3.8) is 0 Å². The first kappa shape index (κ1) is 22.1. The van der Waals surface area contributed by atoms with Gasteiger partial charge in [0.05, 0.1) is 30.0 Å². The van der Waals surface area contributed by atoms with E-state index in [1.165, 1.54) is 4.90 Å². The van der Waals surface area contributed by atoms with E-state index in [2.05, 4.69) is 20.6 Å². The summed E-state index contributed by atoms with van der Waals surface area (Å²) in [6, 6.07) is 13.0. The predicted molar refractivity (Wildman–Crippen MR) is 124 cm³/mol. The van der Waals surface area contributed by atoms with Crippen LogP contribution in [0.1, 0.15) is 36.8 Å². The number of anilines is 3. The number of aromatic amines is 1. The highest BCUT2D eigenvalue weighted by Gasteiger charge is 2.34. The van der Waals surface area contributed by atoms with E-state index in [0.29, 0.717) is 34.9 Å². The zero-order chi connectivity index (χ0) is 23.6. The fraction of sp³-hybridized carbons (Fsp3) is 0.250. The van der Waals surface area contributed by atoms with Gasteiger partial charge in [-0.15, -0.1) is 0 Å². The first-order chi connectivity index (χ1) is 15.7. The third kappa shape index (κ3) is 4.87. The van der Waals surface area contributed by atoms with Gasteiger partial charge in [-0.2, -0.15) is 0 Å². The van der Waals surface area contributed by atoms with Crippen molar-refractivity contribution < 1.29 is 19.1 Å². The molecule has 170 valence electrons. The number of nitrogens with one attached hydrogen (secondary N) is 3. The molecule has 9 heteroatoms. The van der Waals surface area contributed by atoms with E-state index in [1.807, 2.05) is 30.3 Å². The molecule has 1 aliphatic heterocycles. The number of ether oxygens (including phenoxy) is 1. The van der Waals surface area contributed by atoms with Gasteiger partial charge in [0.1, 0.15) is 11.4 Å². The predicted octanol–water partition coefficient (Wildman–Crippen LogP) is 4.32. The number of ketones is 1. The Morgan fingerprint density at radius 1 is 1.18 bits per heavy atom. The van der Waals surface area contributed by atoms with Crippen LogP contribution in [0.15, 0.2) is 48.7 Å². The van der Waals surface area contributed by atoms with E-state index >= 15 is 0 Å². The summed E-state index contributed by atoms with van der Waals surface area (Å²) >= 11 is 0. The molecule has 2 aromatic heterocycles. The van der Waals surface area contributed by atoms with Crippen molar-refractivity contribution in [1.29, 1.82) is 0 Å². The number of hydrogen-bond acceptors (Lipinski definition) is 6. The lowest BCUT2D eigenvalue weighted by atomic mass is 10.0. The van der Waals surface area contributed by atoms with Crippen molar-refractivity contribution >= 4 is 35.5 Å². The van der Waals surface area contributed by atoms with Gasteiger partial charge in [0.25, 0.3) is 0 Å². The highest BCUT2D eigenvalue weighted by Crippen LogP contribution is 2.38. The van der Waals surface area contributed by atoms with Gasteiger partial charge in [0, 0.05) is 23.1 Å². The second-order valence-electron chi connectivity index (χ2n) is 8.67. The molecule has 1 aliphatic rings. The Labute approximate surface area is 191 Å². The zero-order valence-electron chi connectivity index (χ0n) is 18.6. The van der Waals surface area contributed by atoms with Gasteiger partial charge in [0.2, 0.25) is 6.41 Å². The van der Waals surface area contributed by atoms with Crippen LogP contribution in [-0.4, -0.2) is 45.3 Å². The average molecular weight is 447 g/mol. The van der Waals surface area contributed by atoms with Crippen molar-refractivity contribution in [2.45, 2.75) is 32.9 Å². The molecule has 0 atom stereocenters. The summed E-state index contributed by atoms with van der Waals surface area (Å²) in [5.41, 5.74) is 3.22. The Morgan fingerprint density at radius 3 is 2.64 bits per heavy atom. The number of fused-ring (bicyclic) bond motifs is 1. The summed E-state index contributed by atoms with van der Waals surface area (Å²) in [5.74, 6) is 0.172. The molecule has 0 radical (unpaired) electrons. The number of para-hydroxylation sites is 1. The molecule has 3 N–H and O–H groups in total. The van der Waals surface area contributed by atoms with Crippen LogP contribution in [0.3, 0.4) is 0 Å². The lowest BCUT2D eigenvalue weighted by molar-refractivity contribution is -0.105. The zero-order valence-corrected chi connectivity index (χ0v) is 18.6. The van der Waals surface area contributed by atoms with Crippen LogP contribution in [0.4, 0.5) is 22.0 Å². The summed E-state index contributed by atoms with van der Waals surface area (Å²) < 4.78 is 5.46. The van der Waals surface area contributed by atoms with E-state index in [1.54, 1.807) is 39.1 Å². The second kappa shape index (κ2) is 8.78. The van der Waals surface area contributed by atoms with Crippen molar-refractivity contribution in [2.75, 3.05) is 17.2 Å². The van der Waals surface area contributed by atoms with E-state index in [-0.39, 0.29) is 18.9 Å². The number of pyridine rings is 1. The quantitative estimate of drug-likeness (QED) is 0.502. The van der Waals surface area contributed by atoms with Crippen molar-refractivity contribution in [3.05, 3.63) is 59.9 Å². The first-order valence-electron chi connectivity index (χ1n) is 10.5. The Bertz CT molecular complexity index is 1200. The number of Topliss-reactive ketones (excluding diaryl/α,β-unsaturated/α-hetero) is 1. The van der Waals surface area contributed by atoms with Crippen molar-refractivity contribution in [2.24, 2.45) is 0 Å². The number of H-pyrrole nitrogens is 1.